The number of aromatic nitrogens is 4. The molecule has 2 aromatic heterocycles. The van der Waals surface area contributed by atoms with Gasteiger partial charge in [0.2, 0.25) is 0 Å². The first-order valence-electron chi connectivity index (χ1n) is 20.3. The molecule has 0 saturated carbocycles. The summed E-state index contributed by atoms with van der Waals surface area (Å²) in [5, 5.41) is 14.1. The minimum atomic E-state index is -3.84. The van der Waals surface area contributed by atoms with E-state index in [1.807, 2.05) is 78.0 Å². The quantitative estimate of drug-likeness (QED) is 0.133. The number of hydrogen-bond acceptors (Lipinski definition) is 10. The Morgan fingerprint density at radius 1 is 0.529 bits per heavy atom. The fourth-order valence-electron chi connectivity index (χ4n) is 6.87. The van der Waals surface area contributed by atoms with Crippen molar-refractivity contribution < 1.29 is 129 Å². The van der Waals surface area contributed by atoms with Gasteiger partial charge < -0.3 is 19.8 Å². The fraction of sp³-hybridized carbons (Fsp3) is 0.250. The molecule has 0 spiro atoms. The molecule has 0 saturated heterocycles. The molecule has 4 aromatic carbocycles. The van der Waals surface area contributed by atoms with Gasteiger partial charge in [-0.25, -0.2) is 26.4 Å². The van der Waals surface area contributed by atoms with E-state index in [2.05, 4.69) is 9.97 Å². The van der Waals surface area contributed by atoms with E-state index in [9.17, 15) is 36.0 Å². The Bertz CT molecular complexity index is 3050. The predicted molar refractivity (Wildman–Crippen MR) is 260 cm³/mol. The van der Waals surface area contributed by atoms with Crippen LogP contribution in [-0.2, 0) is 42.4 Å². The maximum absolute atomic E-state index is 12.4. The number of H-pyrrole nitrogens is 2. The second-order valence-electron chi connectivity index (χ2n) is 17.4. The molecule has 68 heavy (non-hydrogen) atoms. The monoisotopic (exact) mass is 1010 g/mol. The molecule has 2 heterocycles. The van der Waals surface area contributed by atoms with Crippen molar-refractivity contribution in [2.24, 2.45) is 0 Å². The Hall–Kier alpha value is -3.59. The predicted octanol–water partition coefficient (Wildman–Crippen LogP) is 1.78. The number of rotatable bonds is 12. The van der Waals surface area contributed by atoms with Crippen molar-refractivity contribution in [3.05, 3.63) is 194 Å². The van der Waals surface area contributed by atoms with E-state index in [1.54, 1.807) is 74.9 Å². The van der Waals surface area contributed by atoms with Gasteiger partial charge in [0.15, 0.2) is 0 Å². The molecular formula is C48H52K2N6O10S2. The van der Waals surface area contributed by atoms with Crippen molar-refractivity contribution in [1.82, 2.24) is 19.1 Å². The number of benzene rings is 4. The van der Waals surface area contributed by atoms with Gasteiger partial charge in [0.25, 0.3) is 11.1 Å². The zero-order chi connectivity index (χ0) is 48.8. The van der Waals surface area contributed by atoms with Crippen molar-refractivity contribution in [3.63, 3.8) is 0 Å². The van der Waals surface area contributed by atoms with Gasteiger partial charge in [0, 0.05) is 46.8 Å². The number of ether oxygens (including phenoxy) is 2. The molecule has 6 rings (SSSR count). The van der Waals surface area contributed by atoms with Crippen LogP contribution < -0.4 is 135 Å². The number of methoxy groups -OCH3 is 2. The average Bonchev–Trinajstić information content (AvgIpc) is 3.21. The maximum Gasteiger partial charge on any atom is 1.00 e. The van der Waals surface area contributed by atoms with Crippen LogP contribution in [0.25, 0.3) is 46.0 Å². The first-order chi connectivity index (χ1) is 30.7. The first-order valence-corrected chi connectivity index (χ1v) is 23.6. The summed E-state index contributed by atoms with van der Waals surface area (Å²) < 4.78 is 58.8. The minimum absolute atomic E-state index is 0. The zero-order valence-electron chi connectivity index (χ0n) is 39.8. The number of aromatic amines is 2. The summed E-state index contributed by atoms with van der Waals surface area (Å²) in [6, 6.07) is 23.6. The van der Waals surface area contributed by atoms with Crippen LogP contribution in [0.5, 0.6) is 11.5 Å². The second-order valence-corrected chi connectivity index (χ2v) is 20.4. The van der Waals surface area contributed by atoms with E-state index >= 15 is 0 Å². The third-order valence-corrected chi connectivity index (χ3v) is 11.4. The Labute approximate surface area is 480 Å². The van der Waals surface area contributed by atoms with Gasteiger partial charge in [-0.05, 0) is 57.3 Å². The Balaban J connectivity index is 0.000000350. The molecule has 0 aliphatic rings. The standard InChI is InChI=1S/2C24H27N3O5S.2K/c2*1-24(2,3)20-14-19(27-12-11-21(28)26-23(27)29)13-18(22(20)32-4)10-9-16-5-7-17(8-6-16)15-33(25,30)31;;/h2*5-14H,15H2,1-4H3,(H3,25,26,28,29,30,31);;/q;;2*+1/p-2. The third kappa shape index (κ3) is 16.8. The molecule has 0 fully saturated rings. The van der Waals surface area contributed by atoms with Crippen molar-refractivity contribution >= 4 is 44.4 Å². The summed E-state index contributed by atoms with van der Waals surface area (Å²) >= 11 is 0. The summed E-state index contributed by atoms with van der Waals surface area (Å²) in [5.74, 6) is 0.652. The summed E-state index contributed by atoms with van der Waals surface area (Å²) in [6.07, 6.45) is 10.3. The smallest absolute Gasteiger partial charge is 0.564 e. The van der Waals surface area contributed by atoms with E-state index in [0.29, 0.717) is 34.0 Å². The number of nitrogens with one attached hydrogen (secondary N) is 4. The van der Waals surface area contributed by atoms with Crippen LogP contribution in [0.15, 0.2) is 117 Å². The molecule has 0 bridgehead atoms. The Kier molecular flexibility index (Phi) is 21.2. The summed E-state index contributed by atoms with van der Waals surface area (Å²) in [5.41, 5.74) is 4.52. The first kappa shape index (κ1) is 58.7. The number of nitrogens with zero attached hydrogens (tertiary/aromatic N) is 2. The zero-order valence-corrected chi connectivity index (χ0v) is 47.6. The van der Waals surface area contributed by atoms with E-state index in [4.69, 9.17) is 19.8 Å². The SMILES string of the molecule is COc1c(C=Cc2ccc(CS([NH-])(=O)=O)cc2)cc(-n2ccc(=O)[nH]c2=O)cc1C(C)(C)C.COc1c(C=Cc2ccc(CS([NH-])(=O)=O)cc2)cc(-n2ccc(=O)[nH]c2=O)cc1C(C)(C)C.[K+].[K+]. The maximum atomic E-state index is 12.4. The van der Waals surface area contributed by atoms with Crippen LogP contribution in [-0.4, -0.2) is 50.2 Å². The van der Waals surface area contributed by atoms with Gasteiger partial charge in [-0.2, -0.15) is 0 Å². The van der Waals surface area contributed by atoms with Crippen LogP contribution in [0.2, 0.25) is 0 Å². The van der Waals surface area contributed by atoms with E-state index < -0.39 is 42.5 Å². The fourth-order valence-corrected chi connectivity index (χ4v) is 8.13. The summed E-state index contributed by atoms with van der Waals surface area (Å²) in [6.45, 7) is 12.2. The molecule has 348 valence electrons. The van der Waals surface area contributed by atoms with E-state index in [1.165, 1.54) is 33.7 Å². The molecule has 20 heteroatoms. The van der Waals surface area contributed by atoms with Gasteiger partial charge in [0.05, 0.1) is 57.1 Å². The average molecular weight is 1020 g/mol. The molecule has 0 unspecified atom stereocenters. The van der Waals surface area contributed by atoms with Crippen molar-refractivity contribution in [2.75, 3.05) is 14.2 Å². The molecule has 16 nitrogen and oxygen atoms in total. The van der Waals surface area contributed by atoms with Crippen molar-refractivity contribution in [1.29, 1.82) is 0 Å². The minimum Gasteiger partial charge on any atom is -0.564 e. The van der Waals surface area contributed by atoms with Gasteiger partial charge in [-0.3, -0.25) is 28.7 Å². The van der Waals surface area contributed by atoms with Gasteiger partial charge in [-0.1, -0.05) is 114 Å². The molecular weight excluding hydrogens is 963 g/mol. The normalized spacial score (nSPS) is 11.9. The molecule has 0 aliphatic heterocycles. The third-order valence-electron chi connectivity index (χ3n) is 10.0. The van der Waals surface area contributed by atoms with Crippen LogP contribution in [0.4, 0.5) is 0 Å². The molecule has 6 aromatic rings. The van der Waals surface area contributed by atoms with Crippen LogP contribution in [0.1, 0.15) is 86.1 Å². The molecule has 0 atom stereocenters. The van der Waals surface area contributed by atoms with E-state index in [-0.39, 0.29) is 125 Å². The van der Waals surface area contributed by atoms with Crippen molar-refractivity contribution in [3.8, 4) is 22.9 Å². The second kappa shape index (κ2) is 24.5. The molecule has 0 amide bonds. The van der Waals surface area contributed by atoms with Gasteiger partial charge in [0.1, 0.15) is 11.5 Å². The Morgan fingerprint density at radius 3 is 1.12 bits per heavy atom. The molecule has 4 N–H and O–H groups in total. The van der Waals surface area contributed by atoms with Crippen LogP contribution in [0.3, 0.4) is 0 Å². The van der Waals surface area contributed by atoms with Crippen LogP contribution in [0, 0.1) is 0 Å². The van der Waals surface area contributed by atoms with Crippen molar-refractivity contribution in [2.45, 2.75) is 63.9 Å². The van der Waals surface area contributed by atoms with Gasteiger partial charge in [-0.15, -0.1) is 0 Å². The summed E-state index contributed by atoms with van der Waals surface area (Å²) in [4.78, 5) is 52.3. The number of hydrogen-bond donors (Lipinski definition) is 2. The van der Waals surface area contributed by atoms with Crippen LogP contribution >= 0.6 is 0 Å². The van der Waals surface area contributed by atoms with Gasteiger partial charge >= 0.3 is 114 Å². The molecule has 0 aliphatic carbocycles. The molecule has 0 radical (unpaired) electrons. The largest absolute Gasteiger partial charge is 1.00 e. The Morgan fingerprint density at radius 2 is 0.853 bits per heavy atom. The number of sulfonamides is 2. The topological polar surface area (TPSA) is 244 Å². The van der Waals surface area contributed by atoms with E-state index in [0.717, 1.165) is 33.4 Å². The summed E-state index contributed by atoms with van der Waals surface area (Å²) in [7, 11) is -4.52.